The average Bonchev–Trinajstić information content (AvgIpc) is 3.47. The molecule has 32 heavy (non-hydrogen) atoms. The van der Waals surface area contributed by atoms with Gasteiger partial charge in [-0.25, -0.2) is 4.98 Å². The third kappa shape index (κ3) is 3.95. The molecule has 6 nitrogen and oxygen atoms in total. The van der Waals surface area contributed by atoms with E-state index in [0.717, 1.165) is 52.3 Å². The van der Waals surface area contributed by atoms with Crippen LogP contribution in [-0.2, 0) is 11.3 Å². The average molecular weight is 430 g/mol. The summed E-state index contributed by atoms with van der Waals surface area (Å²) in [7, 11) is 1.70. The number of hydrogen-bond donors (Lipinski definition) is 2. The van der Waals surface area contributed by atoms with Crippen LogP contribution in [0.25, 0.3) is 22.2 Å². The van der Waals surface area contributed by atoms with E-state index in [0.29, 0.717) is 6.54 Å². The Morgan fingerprint density at radius 3 is 2.62 bits per heavy atom. The molecule has 1 aliphatic heterocycles. The fourth-order valence-corrected chi connectivity index (χ4v) is 4.35. The molecule has 2 N–H and O–H groups in total. The molecule has 3 aromatic carbocycles. The summed E-state index contributed by atoms with van der Waals surface area (Å²) in [6.45, 7) is 0.606. The molecule has 0 radical (unpaired) electrons. The van der Waals surface area contributed by atoms with E-state index < -0.39 is 0 Å². The smallest absolute Gasteiger partial charge is 0.206 e. The lowest BCUT2D eigenvalue weighted by molar-refractivity contribution is -0.0195. The van der Waals surface area contributed by atoms with Crippen LogP contribution in [0.15, 0.2) is 72.8 Å². The SMILES string of the molecule is COc1cc(-c2ccccc2)ccc1CNc1nc2ccccc2n1[C@H]1CC[C@@H](CO)O1. The normalized spacial score (nSPS) is 18.2. The van der Waals surface area contributed by atoms with Crippen molar-refractivity contribution in [2.45, 2.75) is 31.7 Å². The zero-order chi connectivity index (χ0) is 21.9. The summed E-state index contributed by atoms with van der Waals surface area (Å²) < 4.78 is 13.9. The topological polar surface area (TPSA) is 68.5 Å². The molecule has 0 aliphatic carbocycles. The highest BCUT2D eigenvalue weighted by Gasteiger charge is 2.29. The van der Waals surface area contributed by atoms with Gasteiger partial charge in [-0.1, -0.05) is 54.6 Å². The number of nitrogens with one attached hydrogen (secondary N) is 1. The Hall–Kier alpha value is -3.35. The summed E-state index contributed by atoms with van der Waals surface area (Å²) in [6, 6.07) is 24.6. The van der Waals surface area contributed by atoms with Crippen LogP contribution in [0.4, 0.5) is 5.95 Å². The minimum Gasteiger partial charge on any atom is -0.496 e. The molecule has 2 heterocycles. The number of methoxy groups -OCH3 is 1. The van der Waals surface area contributed by atoms with Crippen LogP contribution in [0.2, 0.25) is 0 Å². The fourth-order valence-electron chi connectivity index (χ4n) is 4.35. The van der Waals surface area contributed by atoms with Crippen molar-refractivity contribution in [3.8, 4) is 16.9 Å². The Kier molecular flexibility index (Phi) is 5.79. The van der Waals surface area contributed by atoms with Gasteiger partial charge in [-0.15, -0.1) is 0 Å². The highest BCUT2D eigenvalue weighted by molar-refractivity contribution is 5.79. The Labute approximate surface area is 187 Å². The number of aliphatic hydroxyl groups excluding tert-OH is 1. The molecule has 0 spiro atoms. The number of aliphatic hydroxyl groups is 1. The number of ether oxygens (including phenoxy) is 2. The molecule has 6 heteroatoms. The standard InChI is InChI=1S/C26H27N3O3/c1-31-24-15-19(18-7-3-2-4-8-18)11-12-20(24)16-27-26-28-22-9-5-6-10-23(22)29(26)25-14-13-21(17-30)32-25/h2-12,15,21,25,30H,13-14,16-17H2,1H3,(H,27,28)/t21-,25+/m0/s1. The third-order valence-electron chi connectivity index (χ3n) is 6.00. The molecule has 2 atom stereocenters. The van der Waals surface area contributed by atoms with Crippen LogP contribution < -0.4 is 10.1 Å². The summed E-state index contributed by atoms with van der Waals surface area (Å²) in [4.78, 5) is 4.81. The van der Waals surface area contributed by atoms with Crippen molar-refractivity contribution < 1.29 is 14.6 Å². The minimum absolute atomic E-state index is 0.0385. The van der Waals surface area contributed by atoms with Gasteiger partial charge in [0.15, 0.2) is 0 Å². The highest BCUT2D eigenvalue weighted by Crippen LogP contribution is 2.35. The molecule has 5 rings (SSSR count). The Morgan fingerprint density at radius 1 is 1.03 bits per heavy atom. The molecule has 1 aromatic heterocycles. The summed E-state index contributed by atoms with van der Waals surface area (Å²) in [6.07, 6.45) is 1.40. The van der Waals surface area contributed by atoms with Crippen LogP contribution >= 0.6 is 0 Å². The molecule has 1 aliphatic rings. The van der Waals surface area contributed by atoms with Crippen LogP contribution in [0.5, 0.6) is 5.75 Å². The van der Waals surface area contributed by atoms with Gasteiger partial charge in [-0.3, -0.25) is 4.57 Å². The van der Waals surface area contributed by atoms with Crippen molar-refractivity contribution in [2.24, 2.45) is 0 Å². The fraction of sp³-hybridized carbons (Fsp3) is 0.269. The van der Waals surface area contributed by atoms with Gasteiger partial charge in [0.25, 0.3) is 0 Å². The minimum atomic E-state index is -0.149. The van der Waals surface area contributed by atoms with Gasteiger partial charge in [0.1, 0.15) is 12.0 Å². The Morgan fingerprint density at radius 2 is 1.84 bits per heavy atom. The van der Waals surface area contributed by atoms with Gasteiger partial charge < -0.3 is 19.9 Å². The van der Waals surface area contributed by atoms with Crippen molar-refractivity contribution in [3.05, 3.63) is 78.4 Å². The molecule has 0 unspecified atom stereocenters. The van der Waals surface area contributed by atoms with Gasteiger partial charge >= 0.3 is 0 Å². The van der Waals surface area contributed by atoms with E-state index in [1.165, 1.54) is 0 Å². The second-order valence-electron chi connectivity index (χ2n) is 8.01. The second kappa shape index (κ2) is 9.02. The first kappa shape index (κ1) is 20.5. The molecule has 0 amide bonds. The van der Waals surface area contributed by atoms with E-state index in [1.54, 1.807) is 7.11 Å². The number of rotatable bonds is 7. The number of benzene rings is 3. The van der Waals surface area contributed by atoms with Crippen LogP contribution in [-0.4, -0.2) is 34.5 Å². The van der Waals surface area contributed by atoms with E-state index in [1.807, 2.05) is 36.4 Å². The number of aromatic nitrogens is 2. The molecular weight excluding hydrogens is 402 g/mol. The zero-order valence-electron chi connectivity index (χ0n) is 18.1. The van der Waals surface area contributed by atoms with E-state index in [-0.39, 0.29) is 18.9 Å². The van der Waals surface area contributed by atoms with E-state index in [4.69, 9.17) is 14.5 Å². The number of nitrogens with zero attached hydrogens (tertiary/aromatic N) is 2. The molecule has 164 valence electrons. The maximum atomic E-state index is 9.50. The quantitative estimate of drug-likeness (QED) is 0.433. The van der Waals surface area contributed by atoms with E-state index >= 15 is 0 Å². The second-order valence-corrected chi connectivity index (χ2v) is 8.01. The predicted molar refractivity (Wildman–Crippen MR) is 126 cm³/mol. The summed E-state index contributed by atoms with van der Waals surface area (Å²) in [5.41, 5.74) is 5.26. The van der Waals surface area contributed by atoms with Gasteiger partial charge in [-0.2, -0.15) is 0 Å². The monoisotopic (exact) mass is 429 g/mol. The number of hydrogen-bond acceptors (Lipinski definition) is 5. The number of fused-ring (bicyclic) bond motifs is 1. The third-order valence-corrected chi connectivity index (χ3v) is 6.00. The van der Waals surface area contributed by atoms with Crippen molar-refractivity contribution in [2.75, 3.05) is 19.0 Å². The molecule has 1 fully saturated rings. The predicted octanol–water partition coefficient (Wildman–Crippen LogP) is 4.99. The van der Waals surface area contributed by atoms with Crippen molar-refractivity contribution >= 4 is 17.0 Å². The lowest BCUT2D eigenvalue weighted by Gasteiger charge is -2.19. The zero-order valence-corrected chi connectivity index (χ0v) is 18.1. The van der Waals surface area contributed by atoms with Gasteiger partial charge in [-0.05, 0) is 42.2 Å². The van der Waals surface area contributed by atoms with E-state index in [2.05, 4.69) is 46.3 Å². The first-order valence-electron chi connectivity index (χ1n) is 11.0. The van der Waals surface area contributed by atoms with Crippen LogP contribution in [0.1, 0.15) is 24.6 Å². The van der Waals surface area contributed by atoms with Crippen molar-refractivity contribution in [3.63, 3.8) is 0 Å². The largest absolute Gasteiger partial charge is 0.496 e. The lowest BCUT2D eigenvalue weighted by atomic mass is 10.0. The Balaban J connectivity index is 1.42. The number of para-hydroxylation sites is 2. The first-order chi connectivity index (χ1) is 15.8. The molecule has 1 saturated heterocycles. The lowest BCUT2D eigenvalue weighted by Crippen LogP contribution is -2.16. The summed E-state index contributed by atoms with van der Waals surface area (Å²) >= 11 is 0. The number of imidazole rings is 1. The van der Waals surface area contributed by atoms with Crippen molar-refractivity contribution in [1.29, 1.82) is 0 Å². The molecule has 0 bridgehead atoms. The highest BCUT2D eigenvalue weighted by atomic mass is 16.5. The Bertz CT molecular complexity index is 1210. The summed E-state index contributed by atoms with van der Waals surface area (Å²) in [5, 5.41) is 13.0. The van der Waals surface area contributed by atoms with Gasteiger partial charge in [0, 0.05) is 12.1 Å². The van der Waals surface area contributed by atoms with Crippen LogP contribution in [0, 0.1) is 0 Å². The number of anilines is 1. The molecule has 4 aromatic rings. The van der Waals surface area contributed by atoms with Crippen molar-refractivity contribution in [1.82, 2.24) is 9.55 Å². The maximum absolute atomic E-state index is 9.50. The van der Waals surface area contributed by atoms with E-state index in [9.17, 15) is 5.11 Å². The molecular formula is C26H27N3O3. The summed E-state index contributed by atoms with van der Waals surface area (Å²) in [5.74, 6) is 1.59. The maximum Gasteiger partial charge on any atom is 0.206 e. The first-order valence-corrected chi connectivity index (χ1v) is 11.0. The molecule has 0 saturated carbocycles. The van der Waals surface area contributed by atoms with Gasteiger partial charge in [0.05, 0.1) is 30.9 Å². The van der Waals surface area contributed by atoms with Gasteiger partial charge in [0.2, 0.25) is 5.95 Å². The van der Waals surface area contributed by atoms with Crippen LogP contribution in [0.3, 0.4) is 0 Å².